The molecule has 1 saturated heterocycles. The highest BCUT2D eigenvalue weighted by molar-refractivity contribution is 5.77. The van der Waals surface area contributed by atoms with Crippen LogP contribution in [0, 0.1) is 46.3 Å². The Bertz CT molecular complexity index is 749. The summed E-state index contributed by atoms with van der Waals surface area (Å²) < 4.78 is 6.10. The Kier molecular flexibility index (Phi) is 6.97. The monoisotopic (exact) mass is 459 g/mol. The molecule has 0 N–H and O–H groups in total. The minimum atomic E-state index is -0.156. The van der Waals surface area contributed by atoms with Crippen molar-refractivity contribution in [1.82, 2.24) is 4.90 Å². The first-order chi connectivity index (χ1) is 15.5. The van der Waals surface area contributed by atoms with E-state index in [1.807, 2.05) is 11.9 Å². The number of likely N-dealkylation sites (tertiary alicyclic amines) is 1. The quantitative estimate of drug-likeness (QED) is 0.428. The van der Waals surface area contributed by atoms with E-state index in [9.17, 15) is 9.59 Å². The number of rotatable bonds is 6. The summed E-state index contributed by atoms with van der Waals surface area (Å²) in [5.41, 5.74) is 0.503. The summed E-state index contributed by atoms with van der Waals surface area (Å²) in [5.74, 6) is 4.08. The third kappa shape index (κ3) is 4.27. The van der Waals surface area contributed by atoms with Crippen molar-refractivity contribution in [2.45, 2.75) is 118 Å². The molecule has 0 spiro atoms. The lowest BCUT2D eigenvalue weighted by Crippen LogP contribution is -2.65. The molecule has 4 rings (SSSR count). The van der Waals surface area contributed by atoms with Gasteiger partial charge in [0.1, 0.15) is 6.10 Å². The molecule has 9 atom stereocenters. The van der Waals surface area contributed by atoms with Gasteiger partial charge in [0.25, 0.3) is 0 Å². The van der Waals surface area contributed by atoms with Crippen molar-refractivity contribution in [2.75, 3.05) is 7.05 Å². The molecule has 3 aliphatic carbocycles. The van der Waals surface area contributed by atoms with Crippen molar-refractivity contribution in [3.63, 3.8) is 0 Å². The highest BCUT2D eigenvalue weighted by atomic mass is 16.5. The van der Waals surface area contributed by atoms with E-state index in [2.05, 4.69) is 34.6 Å². The predicted octanol–water partition coefficient (Wildman–Crippen LogP) is 6.47. The molecule has 1 unspecified atom stereocenters. The van der Waals surface area contributed by atoms with Crippen molar-refractivity contribution < 1.29 is 14.3 Å². The van der Waals surface area contributed by atoms with Gasteiger partial charge in [0.05, 0.1) is 0 Å². The van der Waals surface area contributed by atoms with Crippen LogP contribution < -0.4 is 0 Å². The number of esters is 1. The molecule has 4 fully saturated rings. The molecule has 3 saturated carbocycles. The van der Waals surface area contributed by atoms with Crippen LogP contribution in [0.3, 0.4) is 0 Å². The van der Waals surface area contributed by atoms with Crippen molar-refractivity contribution in [3.8, 4) is 0 Å². The number of hydrogen-bond acceptors (Lipinski definition) is 3. The average Bonchev–Trinajstić information content (AvgIpc) is 3.09. The van der Waals surface area contributed by atoms with Gasteiger partial charge in [0.2, 0.25) is 5.91 Å². The normalized spacial score (nSPS) is 43.6. The maximum Gasteiger partial charge on any atom is 0.302 e. The van der Waals surface area contributed by atoms with Gasteiger partial charge >= 0.3 is 5.97 Å². The fourth-order valence-corrected chi connectivity index (χ4v) is 9.42. The highest BCUT2D eigenvalue weighted by Gasteiger charge is 2.64. The Morgan fingerprint density at radius 3 is 2.42 bits per heavy atom. The minimum absolute atomic E-state index is 0.0430. The molecule has 4 aliphatic rings. The number of piperidine rings is 1. The topological polar surface area (TPSA) is 46.6 Å². The summed E-state index contributed by atoms with van der Waals surface area (Å²) in [7, 11) is 1.98. The summed E-state index contributed by atoms with van der Waals surface area (Å²) in [5, 5.41) is 0. The van der Waals surface area contributed by atoms with E-state index < -0.39 is 0 Å². The lowest BCUT2D eigenvalue weighted by Gasteiger charge is -2.63. The van der Waals surface area contributed by atoms with E-state index in [1.54, 1.807) is 6.92 Å². The number of carbonyl (C=O) groups excluding carboxylic acids is 2. The van der Waals surface area contributed by atoms with Gasteiger partial charge in [0.15, 0.2) is 0 Å². The zero-order valence-electron chi connectivity index (χ0n) is 22.4. The molecule has 1 aliphatic heterocycles. The van der Waals surface area contributed by atoms with Crippen LogP contribution in [0.25, 0.3) is 0 Å². The van der Waals surface area contributed by atoms with Crippen LogP contribution in [0.2, 0.25) is 0 Å². The average molecular weight is 460 g/mol. The number of hydrogen-bond donors (Lipinski definition) is 0. The number of ether oxygens (including phenoxy) is 1. The molecule has 4 nitrogen and oxygen atoms in total. The van der Waals surface area contributed by atoms with Gasteiger partial charge in [-0.3, -0.25) is 9.59 Å². The zero-order chi connectivity index (χ0) is 24.1. The van der Waals surface area contributed by atoms with Crippen LogP contribution in [0.4, 0.5) is 0 Å². The summed E-state index contributed by atoms with van der Waals surface area (Å²) in [6.45, 7) is 13.8. The Morgan fingerprint density at radius 1 is 1.06 bits per heavy atom. The van der Waals surface area contributed by atoms with Gasteiger partial charge in [0, 0.05) is 38.8 Å². The Hall–Kier alpha value is -1.06. The van der Waals surface area contributed by atoms with Gasteiger partial charge in [-0.15, -0.1) is 0 Å². The minimum Gasteiger partial charge on any atom is -0.462 e. The zero-order valence-corrected chi connectivity index (χ0v) is 22.4. The van der Waals surface area contributed by atoms with Crippen molar-refractivity contribution >= 4 is 11.9 Å². The molecular formula is C29H49NO3. The predicted molar refractivity (Wildman–Crippen MR) is 132 cm³/mol. The maximum absolute atomic E-state index is 12.6. The molecule has 0 bridgehead atoms. The molecule has 0 aromatic carbocycles. The smallest absolute Gasteiger partial charge is 0.302 e. The van der Waals surface area contributed by atoms with Crippen molar-refractivity contribution in [3.05, 3.63) is 0 Å². The van der Waals surface area contributed by atoms with E-state index in [-0.39, 0.29) is 29.4 Å². The van der Waals surface area contributed by atoms with Crippen LogP contribution in [-0.2, 0) is 14.3 Å². The number of carbonyl (C=O) groups is 2. The van der Waals surface area contributed by atoms with Gasteiger partial charge < -0.3 is 9.64 Å². The molecule has 4 heteroatoms. The van der Waals surface area contributed by atoms with Gasteiger partial charge in [-0.25, -0.2) is 0 Å². The second-order valence-electron chi connectivity index (χ2n) is 13.2. The SMILES string of the molecule is CC(=O)OC1C[C@H]2N(C)C(=O)CC[C@]2(C)[C@H]2CC[C@]3(C)[C@@H]([C@H](C)CCCC(C)C)CC[C@H]3[C@H]12. The van der Waals surface area contributed by atoms with E-state index in [4.69, 9.17) is 4.74 Å². The fraction of sp³-hybridized carbons (Fsp3) is 0.931. The van der Waals surface area contributed by atoms with Gasteiger partial charge in [-0.2, -0.15) is 0 Å². The van der Waals surface area contributed by atoms with Crippen molar-refractivity contribution in [2.24, 2.45) is 46.3 Å². The van der Waals surface area contributed by atoms with E-state index in [0.29, 0.717) is 29.6 Å². The first-order valence-corrected chi connectivity index (χ1v) is 13.9. The second-order valence-corrected chi connectivity index (χ2v) is 13.2. The molecule has 1 heterocycles. The van der Waals surface area contributed by atoms with E-state index in [1.165, 1.54) is 44.9 Å². The highest BCUT2D eigenvalue weighted by Crippen LogP contribution is 2.67. The molecule has 188 valence electrons. The standard InChI is InChI=1S/C29H49NO3/c1-18(2)9-8-10-19(3)21-11-12-22-27-23(13-15-28(21,22)5)29(6)16-14-26(32)30(7)25(29)17-24(27)33-20(4)31/h18-19,21-25,27H,8-17H2,1-7H3/t19-,21-,22+,23+,24?,25-,27+,28-,29-/m1/s1. The summed E-state index contributed by atoms with van der Waals surface area (Å²) in [6.07, 6.45) is 11.6. The van der Waals surface area contributed by atoms with Crippen molar-refractivity contribution in [1.29, 1.82) is 0 Å². The first-order valence-electron chi connectivity index (χ1n) is 13.9. The van der Waals surface area contributed by atoms with Crippen LogP contribution in [0.1, 0.15) is 106 Å². The molecule has 1 amide bonds. The van der Waals surface area contributed by atoms with Gasteiger partial charge in [-0.05, 0) is 72.5 Å². The van der Waals surface area contributed by atoms with Crippen LogP contribution in [-0.4, -0.2) is 36.0 Å². The Morgan fingerprint density at radius 2 is 1.76 bits per heavy atom. The Balaban J connectivity index is 1.60. The molecular weight excluding hydrogens is 410 g/mol. The molecule has 0 radical (unpaired) electrons. The number of fused-ring (bicyclic) bond motifs is 5. The second kappa shape index (κ2) is 9.19. The third-order valence-electron chi connectivity index (χ3n) is 11.1. The van der Waals surface area contributed by atoms with Crippen LogP contribution >= 0.6 is 0 Å². The summed E-state index contributed by atoms with van der Waals surface area (Å²) in [6, 6.07) is 0.195. The summed E-state index contributed by atoms with van der Waals surface area (Å²) >= 11 is 0. The maximum atomic E-state index is 12.6. The number of amides is 1. The van der Waals surface area contributed by atoms with E-state index >= 15 is 0 Å². The van der Waals surface area contributed by atoms with Crippen LogP contribution in [0.5, 0.6) is 0 Å². The van der Waals surface area contributed by atoms with Gasteiger partial charge in [-0.1, -0.05) is 53.9 Å². The van der Waals surface area contributed by atoms with Crippen LogP contribution in [0.15, 0.2) is 0 Å². The molecule has 0 aromatic rings. The van der Waals surface area contributed by atoms with E-state index in [0.717, 1.165) is 30.6 Å². The molecule has 0 aromatic heterocycles. The first kappa shape index (κ1) is 25.0. The largest absolute Gasteiger partial charge is 0.462 e. The summed E-state index contributed by atoms with van der Waals surface area (Å²) in [4.78, 5) is 26.8. The Labute approximate surface area is 202 Å². The number of nitrogens with zero attached hydrogens (tertiary/aromatic N) is 1. The lowest BCUT2D eigenvalue weighted by atomic mass is 9.45. The third-order valence-corrected chi connectivity index (χ3v) is 11.1. The fourth-order valence-electron chi connectivity index (χ4n) is 9.42. The molecule has 33 heavy (non-hydrogen) atoms. The lowest BCUT2D eigenvalue weighted by molar-refractivity contribution is -0.195.